The SMILES string of the molecule is COCCCC(=O)Nc1cc(C(N)=NO)ccc1Cl. The molecule has 1 aromatic carbocycles. The number of nitrogens with zero attached hydrogens (tertiary/aromatic N) is 1. The zero-order valence-electron chi connectivity index (χ0n) is 10.5. The third-order valence-corrected chi connectivity index (χ3v) is 2.73. The quantitative estimate of drug-likeness (QED) is 0.244. The van der Waals surface area contributed by atoms with E-state index in [-0.39, 0.29) is 11.7 Å². The summed E-state index contributed by atoms with van der Waals surface area (Å²) in [6.07, 6.45) is 0.956. The summed E-state index contributed by atoms with van der Waals surface area (Å²) in [6.45, 7) is 0.519. The minimum absolute atomic E-state index is 0.0495. The van der Waals surface area contributed by atoms with Crippen LogP contribution in [0.4, 0.5) is 5.69 Å². The second-order valence-corrected chi connectivity index (χ2v) is 4.23. The van der Waals surface area contributed by atoms with Crippen molar-refractivity contribution >= 4 is 29.0 Å². The van der Waals surface area contributed by atoms with Crippen LogP contribution >= 0.6 is 11.6 Å². The van der Waals surface area contributed by atoms with E-state index < -0.39 is 0 Å². The number of hydrogen-bond acceptors (Lipinski definition) is 4. The monoisotopic (exact) mass is 285 g/mol. The molecule has 19 heavy (non-hydrogen) atoms. The fourth-order valence-electron chi connectivity index (χ4n) is 1.43. The van der Waals surface area contributed by atoms with Crippen molar-refractivity contribution in [3.8, 4) is 0 Å². The van der Waals surface area contributed by atoms with Gasteiger partial charge in [0.15, 0.2) is 5.84 Å². The summed E-state index contributed by atoms with van der Waals surface area (Å²) in [4.78, 5) is 11.7. The molecule has 0 aromatic heterocycles. The molecule has 0 fully saturated rings. The number of carbonyl (C=O) groups excluding carboxylic acids is 1. The van der Waals surface area contributed by atoms with E-state index in [1.54, 1.807) is 25.3 Å². The maximum Gasteiger partial charge on any atom is 0.224 e. The zero-order chi connectivity index (χ0) is 14.3. The Morgan fingerprint density at radius 1 is 1.58 bits per heavy atom. The Morgan fingerprint density at radius 3 is 2.95 bits per heavy atom. The molecule has 104 valence electrons. The number of nitrogens with one attached hydrogen (secondary N) is 1. The van der Waals surface area contributed by atoms with Crippen LogP contribution in [-0.4, -0.2) is 30.7 Å². The maximum atomic E-state index is 11.7. The predicted molar refractivity (Wildman–Crippen MR) is 73.7 cm³/mol. The predicted octanol–water partition coefficient (Wildman–Crippen LogP) is 1.80. The van der Waals surface area contributed by atoms with Crippen LogP contribution < -0.4 is 11.1 Å². The van der Waals surface area contributed by atoms with E-state index in [9.17, 15) is 4.79 Å². The molecule has 0 bridgehead atoms. The Morgan fingerprint density at radius 2 is 2.32 bits per heavy atom. The van der Waals surface area contributed by atoms with Gasteiger partial charge < -0.3 is 21.0 Å². The van der Waals surface area contributed by atoms with E-state index in [2.05, 4.69) is 10.5 Å². The van der Waals surface area contributed by atoms with E-state index in [1.807, 2.05) is 0 Å². The number of rotatable bonds is 6. The fraction of sp³-hybridized carbons (Fsp3) is 0.333. The Balaban J connectivity index is 2.74. The summed E-state index contributed by atoms with van der Waals surface area (Å²) in [7, 11) is 1.58. The number of amides is 1. The number of methoxy groups -OCH3 is 1. The number of hydrogen-bond donors (Lipinski definition) is 3. The smallest absolute Gasteiger partial charge is 0.224 e. The van der Waals surface area contributed by atoms with Crippen LogP contribution in [0, 0.1) is 0 Å². The number of nitrogens with two attached hydrogens (primary N) is 1. The highest BCUT2D eigenvalue weighted by Gasteiger charge is 2.08. The van der Waals surface area contributed by atoms with Crippen LogP contribution in [-0.2, 0) is 9.53 Å². The molecular weight excluding hydrogens is 270 g/mol. The summed E-state index contributed by atoms with van der Waals surface area (Å²) >= 11 is 5.97. The lowest BCUT2D eigenvalue weighted by molar-refractivity contribution is -0.116. The van der Waals surface area contributed by atoms with Gasteiger partial charge in [0.25, 0.3) is 0 Å². The van der Waals surface area contributed by atoms with Crippen molar-refractivity contribution in [1.29, 1.82) is 0 Å². The minimum atomic E-state index is -0.171. The molecule has 0 aliphatic rings. The first-order chi connectivity index (χ1) is 9.08. The summed E-state index contributed by atoms with van der Waals surface area (Å²) in [6, 6.07) is 4.71. The standard InChI is InChI=1S/C12H16ClN3O3/c1-19-6-2-3-11(17)15-10-7-8(12(14)16-18)4-5-9(10)13/h4-5,7,18H,2-3,6H2,1H3,(H2,14,16)(H,15,17). The molecule has 0 radical (unpaired) electrons. The summed E-state index contributed by atoms with van der Waals surface area (Å²) in [5.41, 5.74) is 6.37. The molecule has 0 heterocycles. The zero-order valence-corrected chi connectivity index (χ0v) is 11.3. The number of carbonyl (C=O) groups is 1. The largest absolute Gasteiger partial charge is 0.409 e. The van der Waals surface area contributed by atoms with Crippen molar-refractivity contribution in [2.45, 2.75) is 12.8 Å². The maximum absolute atomic E-state index is 11.7. The number of anilines is 1. The van der Waals surface area contributed by atoms with Crippen molar-refractivity contribution < 1.29 is 14.7 Å². The first kappa shape index (κ1) is 15.3. The highest BCUT2D eigenvalue weighted by atomic mass is 35.5. The van der Waals surface area contributed by atoms with Gasteiger partial charge in [0.1, 0.15) is 0 Å². The molecule has 1 rings (SSSR count). The van der Waals surface area contributed by atoms with Gasteiger partial charge in [-0.1, -0.05) is 16.8 Å². The van der Waals surface area contributed by atoms with Crippen LogP contribution in [0.1, 0.15) is 18.4 Å². The normalized spacial score (nSPS) is 11.4. The van der Waals surface area contributed by atoms with Crippen LogP contribution in [0.25, 0.3) is 0 Å². The third-order valence-electron chi connectivity index (χ3n) is 2.40. The Labute approximate surface area is 116 Å². The molecule has 0 aliphatic heterocycles. The van der Waals surface area contributed by atoms with E-state index in [4.69, 9.17) is 27.3 Å². The Hall–Kier alpha value is -1.79. The van der Waals surface area contributed by atoms with Crippen LogP contribution in [0.2, 0.25) is 5.02 Å². The molecule has 4 N–H and O–H groups in total. The van der Waals surface area contributed by atoms with Crippen molar-refractivity contribution in [2.75, 3.05) is 19.0 Å². The molecule has 0 spiro atoms. The highest BCUT2D eigenvalue weighted by Crippen LogP contribution is 2.23. The van der Waals surface area contributed by atoms with Crippen LogP contribution in [0.15, 0.2) is 23.4 Å². The molecule has 1 amide bonds. The Bertz CT molecular complexity index is 477. The summed E-state index contributed by atoms with van der Waals surface area (Å²) in [5, 5.41) is 14.5. The van der Waals surface area contributed by atoms with Gasteiger partial charge in [-0.05, 0) is 24.6 Å². The molecule has 0 aliphatic carbocycles. The molecule has 7 heteroatoms. The van der Waals surface area contributed by atoms with Crippen molar-refractivity contribution in [1.82, 2.24) is 0 Å². The molecule has 6 nitrogen and oxygen atoms in total. The summed E-state index contributed by atoms with van der Waals surface area (Å²) in [5.74, 6) is -0.220. The first-order valence-electron chi connectivity index (χ1n) is 5.64. The first-order valence-corrected chi connectivity index (χ1v) is 6.02. The van der Waals surface area contributed by atoms with Gasteiger partial charge in [0.05, 0.1) is 10.7 Å². The number of benzene rings is 1. The van der Waals surface area contributed by atoms with Gasteiger partial charge in [-0.2, -0.15) is 0 Å². The van der Waals surface area contributed by atoms with Crippen LogP contribution in [0.5, 0.6) is 0 Å². The lowest BCUT2D eigenvalue weighted by atomic mass is 10.2. The molecule has 0 saturated heterocycles. The fourth-order valence-corrected chi connectivity index (χ4v) is 1.59. The van der Waals surface area contributed by atoms with Gasteiger partial charge in [0, 0.05) is 25.7 Å². The second kappa shape index (κ2) is 7.60. The van der Waals surface area contributed by atoms with Gasteiger partial charge in [0.2, 0.25) is 5.91 Å². The summed E-state index contributed by atoms with van der Waals surface area (Å²) < 4.78 is 4.87. The van der Waals surface area contributed by atoms with Crippen molar-refractivity contribution in [3.63, 3.8) is 0 Å². The molecular formula is C12H16ClN3O3. The average molecular weight is 286 g/mol. The van der Waals surface area contributed by atoms with E-state index in [0.717, 1.165) is 0 Å². The van der Waals surface area contributed by atoms with E-state index in [0.29, 0.717) is 35.7 Å². The third kappa shape index (κ3) is 4.76. The Kier molecular flexibility index (Phi) is 6.11. The van der Waals surface area contributed by atoms with Gasteiger partial charge in [-0.25, -0.2) is 0 Å². The van der Waals surface area contributed by atoms with Crippen LogP contribution in [0.3, 0.4) is 0 Å². The van der Waals surface area contributed by atoms with Gasteiger partial charge >= 0.3 is 0 Å². The topological polar surface area (TPSA) is 96.9 Å². The van der Waals surface area contributed by atoms with Gasteiger partial charge in [-0.15, -0.1) is 0 Å². The molecule has 0 unspecified atom stereocenters. The molecule has 0 saturated carbocycles. The molecule has 1 aromatic rings. The number of ether oxygens (including phenoxy) is 1. The highest BCUT2D eigenvalue weighted by molar-refractivity contribution is 6.33. The number of amidine groups is 1. The number of oxime groups is 1. The van der Waals surface area contributed by atoms with Crippen molar-refractivity contribution in [2.24, 2.45) is 10.9 Å². The molecule has 0 atom stereocenters. The average Bonchev–Trinajstić information content (AvgIpc) is 2.40. The van der Waals surface area contributed by atoms with Gasteiger partial charge in [-0.3, -0.25) is 4.79 Å². The van der Waals surface area contributed by atoms with Crippen molar-refractivity contribution in [3.05, 3.63) is 28.8 Å². The lowest BCUT2D eigenvalue weighted by Crippen LogP contribution is -2.15. The van der Waals surface area contributed by atoms with E-state index in [1.165, 1.54) is 0 Å². The number of halogens is 1. The minimum Gasteiger partial charge on any atom is -0.409 e. The second-order valence-electron chi connectivity index (χ2n) is 3.82. The van der Waals surface area contributed by atoms with E-state index >= 15 is 0 Å². The lowest BCUT2D eigenvalue weighted by Gasteiger charge is -2.09.